The van der Waals surface area contributed by atoms with Crippen molar-refractivity contribution < 1.29 is 13.2 Å². The largest absolute Gasteiger partial charge is 0.347 e. The third-order valence-electron chi connectivity index (χ3n) is 5.93. The predicted molar refractivity (Wildman–Crippen MR) is 132 cm³/mol. The van der Waals surface area contributed by atoms with E-state index < -0.39 is 16.1 Å². The SMILES string of the molecule is CC[C@H](NC(=O)[C@@H](CC)N(c1cc(Cl)cc(Cl)c1)S(C)(=O)=O)c1ccc2c(c1)CCCC2. The van der Waals surface area contributed by atoms with Crippen molar-refractivity contribution in [2.75, 3.05) is 10.6 Å². The Kier molecular flexibility index (Phi) is 8.12. The van der Waals surface area contributed by atoms with Crippen LogP contribution in [0.3, 0.4) is 0 Å². The summed E-state index contributed by atoms with van der Waals surface area (Å²) in [6.07, 6.45) is 6.63. The van der Waals surface area contributed by atoms with Crippen molar-refractivity contribution >= 4 is 44.8 Å². The van der Waals surface area contributed by atoms with Gasteiger partial charge in [-0.2, -0.15) is 0 Å². The Morgan fingerprint density at radius 3 is 2.19 bits per heavy atom. The zero-order valence-corrected chi connectivity index (χ0v) is 21.0. The average Bonchev–Trinajstić information content (AvgIpc) is 2.73. The Morgan fingerprint density at radius 1 is 1.00 bits per heavy atom. The fraction of sp³-hybridized carbons (Fsp3) is 0.458. The van der Waals surface area contributed by atoms with Gasteiger partial charge in [0.1, 0.15) is 6.04 Å². The summed E-state index contributed by atoms with van der Waals surface area (Å²) in [5, 5.41) is 3.69. The molecule has 0 saturated carbocycles. The van der Waals surface area contributed by atoms with E-state index in [0.29, 0.717) is 22.9 Å². The fourth-order valence-corrected chi connectivity index (χ4v) is 6.10. The van der Waals surface area contributed by atoms with Crippen LogP contribution in [-0.2, 0) is 27.7 Å². The highest BCUT2D eigenvalue weighted by Gasteiger charge is 2.33. The molecule has 0 aromatic heterocycles. The molecule has 0 bridgehead atoms. The first kappa shape index (κ1) is 24.9. The Hall–Kier alpha value is -1.76. The number of carbonyl (C=O) groups is 1. The van der Waals surface area contributed by atoms with Crippen LogP contribution in [0.15, 0.2) is 36.4 Å². The van der Waals surface area contributed by atoms with Gasteiger partial charge in [0.15, 0.2) is 0 Å². The molecule has 0 unspecified atom stereocenters. The molecule has 2 aromatic rings. The minimum absolute atomic E-state index is 0.201. The van der Waals surface area contributed by atoms with Crippen molar-refractivity contribution in [3.05, 3.63) is 63.1 Å². The molecular formula is C24H30Cl2N2O3S. The minimum atomic E-state index is -3.77. The molecule has 0 heterocycles. The van der Waals surface area contributed by atoms with E-state index >= 15 is 0 Å². The number of benzene rings is 2. The van der Waals surface area contributed by atoms with E-state index in [-0.39, 0.29) is 17.6 Å². The summed E-state index contributed by atoms with van der Waals surface area (Å²) in [6, 6.07) is 9.83. The molecule has 0 radical (unpaired) electrons. The lowest BCUT2D eigenvalue weighted by atomic mass is 9.88. The molecule has 0 saturated heterocycles. The zero-order valence-electron chi connectivity index (χ0n) is 18.7. The Bertz CT molecular complexity index is 1070. The van der Waals surface area contributed by atoms with Crippen molar-refractivity contribution in [2.45, 2.75) is 64.5 Å². The second-order valence-electron chi connectivity index (χ2n) is 8.32. The molecule has 1 amide bonds. The second-order valence-corrected chi connectivity index (χ2v) is 11.0. The summed E-state index contributed by atoms with van der Waals surface area (Å²) in [7, 11) is -3.77. The van der Waals surface area contributed by atoms with E-state index in [1.54, 1.807) is 6.92 Å². The normalized spacial score (nSPS) is 15.5. The van der Waals surface area contributed by atoms with Gasteiger partial charge in [-0.3, -0.25) is 9.10 Å². The maximum atomic E-state index is 13.4. The lowest BCUT2D eigenvalue weighted by Gasteiger charge is -2.32. The molecule has 2 aromatic carbocycles. The van der Waals surface area contributed by atoms with E-state index in [0.717, 1.165) is 29.0 Å². The quantitative estimate of drug-likeness (QED) is 0.510. The maximum Gasteiger partial charge on any atom is 0.244 e. The summed E-state index contributed by atoms with van der Waals surface area (Å²) in [6.45, 7) is 3.80. The summed E-state index contributed by atoms with van der Waals surface area (Å²) in [4.78, 5) is 13.4. The number of sulfonamides is 1. The van der Waals surface area contributed by atoms with Crippen LogP contribution in [0.2, 0.25) is 10.0 Å². The molecule has 0 spiro atoms. The molecule has 0 aliphatic heterocycles. The number of anilines is 1. The van der Waals surface area contributed by atoms with Crippen LogP contribution >= 0.6 is 23.2 Å². The van der Waals surface area contributed by atoms with E-state index in [1.165, 1.54) is 42.2 Å². The highest BCUT2D eigenvalue weighted by molar-refractivity contribution is 7.92. The summed E-state index contributed by atoms with van der Waals surface area (Å²) in [5.41, 5.74) is 4.05. The topological polar surface area (TPSA) is 66.5 Å². The van der Waals surface area contributed by atoms with Gasteiger partial charge in [0.05, 0.1) is 18.0 Å². The Labute approximate surface area is 201 Å². The summed E-state index contributed by atoms with van der Waals surface area (Å²) < 4.78 is 26.5. The molecular weight excluding hydrogens is 467 g/mol. The molecule has 1 aliphatic carbocycles. The van der Waals surface area contributed by atoms with E-state index in [9.17, 15) is 13.2 Å². The molecule has 32 heavy (non-hydrogen) atoms. The highest BCUT2D eigenvalue weighted by atomic mass is 35.5. The number of carbonyl (C=O) groups excluding carboxylic acids is 1. The maximum absolute atomic E-state index is 13.4. The predicted octanol–water partition coefficient (Wildman–Crippen LogP) is 5.68. The van der Waals surface area contributed by atoms with Crippen LogP contribution in [0.5, 0.6) is 0 Å². The van der Waals surface area contributed by atoms with Gasteiger partial charge in [0.2, 0.25) is 15.9 Å². The van der Waals surface area contributed by atoms with Gasteiger partial charge in [0.25, 0.3) is 0 Å². The number of amides is 1. The van der Waals surface area contributed by atoms with E-state index in [1.807, 2.05) is 6.92 Å². The smallest absolute Gasteiger partial charge is 0.244 e. The molecule has 2 atom stereocenters. The molecule has 5 nitrogen and oxygen atoms in total. The number of hydrogen-bond donors (Lipinski definition) is 1. The number of aryl methyl sites for hydroxylation is 2. The standard InChI is InChI=1S/C24H30Cl2N2O3S/c1-4-22(18-11-10-16-8-6-7-9-17(16)12-18)27-24(29)23(5-2)28(32(3,30)31)21-14-19(25)13-20(26)15-21/h10-15,22-23H,4-9H2,1-3H3,(H,27,29)/t22-,23+/m0/s1. The van der Waals surface area contributed by atoms with Crippen molar-refractivity contribution in [1.29, 1.82) is 0 Å². The molecule has 1 aliphatic rings. The number of fused-ring (bicyclic) bond motifs is 1. The summed E-state index contributed by atoms with van der Waals surface area (Å²) in [5.74, 6) is -0.349. The van der Waals surface area contributed by atoms with Gasteiger partial charge in [0, 0.05) is 10.0 Å². The molecule has 174 valence electrons. The van der Waals surface area contributed by atoms with Crippen molar-refractivity contribution in [2.24, 2.45) is 0 Å². The fourth-order valence-electron chi connectivity index (χ4n) is 4.39. The Balaban J connectivity index is 1.90. The van der Waals surface area contributed by atoms with Gasteiger partial charge in [-0.25, -0.2) is 8.42 Å². The van der Waals surface area contributed by atoms with Crippen LogP contribution < -0.4 is 9.62 Å². The van der Waals surface area contributed by atoms with Gasteiger partial charge in [-0.1, -0.05) is 55.2 Å². The van der Waals surface area contributed by atoms with Crippen molar-refractivity contribution in [3.8, 4) is 0 Å². The van der Waals surface area contributed by atoms with Gasteiger partial charge < -0.3 is 5.32 Å². The van der Waals surface area contributed by atoms with E-state index in [4.69, 9.17) is 23.2 Å². The number of hydrogen-bond acceptors (Lipinski definition) is 3. The van der Waals surface area contributed by atoms with Crippen LogP contribution in [0.25, 0.3) is 0 Å². The first-order valence-electron chi connectivity index (χ1n) is 11.0. The van der Waals surface area contributed by atoms with Gasteiger partial charge in [-0.05, 0) is 73.4 Å². The third kappa shape index (κ3) is 5.77. The Morgan fingerprint density at radius 2 is 1.62 bits per heavy atom. The van der Waals surface area contributed by atoms with Gasteiger partial charge >= 0.3 is 0 Å². The molecule has 3 rings (SSSR count). The summed E-state index contributed by atoms with van der Waals surface area (Å²) >= 11 is 12.2. The number of halogens is 2. The van der Waals surface area contributed by atoms with Gasteiger partial charge in [-0.15, -0.1) is 0 Å². The minimum Gasteiger partial charge on any atom is -0.347 e. The molecule has 0 fully saturated rings. The van der Waals surface area contributed by atoms with Crippen molar-refractivity contribution in [3.63, 3.8) is 0 Å². The lowest BCUT2D eigenvalue weighted by Crippen LogP contribution is -2.50. The number of nitrogens with zero attached hydrogens (tertiary/aromatic N) is 1. The molecule has 8 heteroatoms. The third-order valence-corrected chi connectivity index (χ3v) is 7.55. The van der Waals surface area contributed by atoms with E-state index in [2.05, 4.69) is 23.5 Å². The first-order chi connectivity index (χ1) is 15.1. The average molecular weight is 497 g/mol. The van der Waals surface area contributed by atoms with Crippen LogP contribution in [0, 0.1) is 0 Å². The highest BCUT2D eigenvalue weighted by Crippen LogP contribution is 2.30. The van der Waals surface area contributed by atoms with Crippen LogP contribution in [-0.4, -0.2) is 26.6 Å². The zero-order chi connectivity index (χ0) is 23.5. The second kappa shape index (κ2) is 10.4. The first-order valence-corrected chi connectivity index (χ1v) is 13.6. The number of rotatable bonds is 8. The monoisotopic (exact) mass is 496 g/mol. The molecule has 1 N–H and O–H groups in total. The van der Waals surface area contributed by atoms with Crippen molar-refractivity contribution in [1.82, 2.24) is 5.32 Å². The van der Waals surface area contributed by atoms with Crippen LogP contribution in [0.1, 0.15) is 62.3 Å². The lowest BCUT2D eigenvalue weighted by molar-refractivity contribution is -0.123. The number of nitrogens with one attached hydrogen (secondary N) is 1. The van der Waals surface area contributed by atoms with Crippen LogP contribution in [0.4, 0.5) is 5.69 Å².